The van der Waals surface area contributed by atoms with E-state index in [0.29, 0.717) is 25.7 Å². The summed E-state index contributed by atoms with van der Waals surface area (Å²) in [6.45, 7) is 9.44. The molecule has 3 N–H and O–H groups in total. The SMILES string of the molecule is CCCCCCCCCCC(=O)O[C@H](COC(=O)CCCCCCCCC)COP(=O)(O)OC[C@H](O)COP(=O)(O)OC[C@@H](COC(=O)CCCCCCCCC(C)CC)OC(=O)CCCCCCCCCCCCCCCCCCCCC(C)C. The van der Waals surface area contributed by atoms with Crippen molar-refractivity contribution < 1.29 is 80.2 Å². The van der Waals surface area contributed by atoms with Gasteiger partial charge in [0.05, 0.1) is 26.4 Å². The van der Waals surface area contributed by atoms with Crippen LogP contribution in [0, 0.1) is 11.8 Å². The van der Waals surface area contributed by atoms with Gasteiger partial charge in [0.2, 0.25) is 0 Å². The van der Waals surface area contributed by atoms with E-state index in [9.17, 15) is 43.2 Å². The first-order valence-electron chi connectivity index (χ1n) is 35.0. The van der Waals surface area contributed by atoms with E-state index < -0.39 is 97.5 Å². The Balaban J connectivity index is 5.10. The molecule has 0 aromatic carbocycles. The topological polar surface area (TPSA) is 237 Å². The zero-order valence-corrected chi connectivity index (χ0v) is 57.4. The number of hydrogen-bond acceptors (Lipinski definition) is 15. The molecule has 0 heterocycles. The predicted molar refractivity (Wildman–Crippen MR) is 345 cm³/mol. The highest BCUT2D eigenvalue weighted by molar-refractivity contribution is 7.47. The highest BCUT2D eigenvalue weighted by Crippen LogP contribution is 2.45. The molecule has 0 amide bonds. The molecule has 0 aliphatic carbocycles. The average Bonchev–Trinajstić information content (AvgIpc) is 3.52. The lowest BCUT2D eigenvalue weighted by Gasteiger charge is -2.21. The summed E-state index contributed by atoms with van der Waals surface area (Å²) in [4.78, 5) is 72.1. The standard InChI is InChI=1S/C67H130O17P2/c1-7-10-12-14-16-31-39-45-51-66(71)83-62(55-77-64(69)49-43-37-29-15-13-11-8-2)57-81-85(73,74)79-53-61(68)54-80-86(75,76)82-58-63(56-78-65(70)50-44-38-34-33-36-42-48-60(6)9-3)84-67(72)52-46-40-32-28-26-24-22-20-18-17-19-21-23-25-27-30-35-41-47-59(4)5/h59-63,68H,7-58H2,1-6H3,(H,73,74)(H,75,76)/t60?,61-,62+,63+/m0/s1. The number of aliphatic hydroxyl groups is 1. The number of ether oxygens (including phenoxy) is 4. The molecule has 0 saturated heterocycles. The van der Waals surface area contributed by atoms with Crippen LogP contribution in [0.4, 0.5) is 0 Å². The van der Waals surface area contributed by atoms with E-state index in [4.69, 9.17) is 37.0 Å². The van der Waals surface area contributed by atoms with Gasteiger partial charge >= 0.3 is 39.5 Å². The summed E-state index contributed by atoms with van der Waals surface area (Å²) < 4.78 is 67.9. The Morgan fingerprint density at radius 1 is 0.337 bits per heavy atom. The first kappa shape index (κ1) is 84.1. The Bertz CT molecular complexity index is 1690. The van der Waals surface area contributed by atoms with E-state index in [-0.39, 0.29) is 25.7 Å². The molecule has 86 heavy (non-hydrogen) atoms. The van der Waals surface area contributed by atoms with Crippen molar-refractivity contribution in [2.45, 2.75) is 355 Å². The van der Waals surface area contributed by atoms with Crippen molar-refractivity contribution in [3.63, 3.8) is 0 Å². The number of carbonyl (C=O) groups excluding carboxylic acids is 4. The third kappa shape index (κ3) is 59.7. The van der Waals surface area contributed by atoms with E-state index in [1.807, 2.05) is 0 Å². The van der Waals surface area contributed by atoms with E-state index in [2.05, 4.69) is 41.5 Å². The van der Waals surface area contributed by atoms with E-state index >= 15 is 0 Å². The lowest BCUT2D eigenvalue weighted by atomic mass is 10.00. The fourth-order valence-electron chi connectivity index (χ4n) is 10.0. The van der Waals surface area contributed by atoms with Crippen LogP contribution in [0.1, 0.15) is 337 Å². The Morgan fingerprint density at radius 3 is 0.884 bits per heavy atom. The molecule has 510 valence electrons. The first-order valence-corrected chi connectivity index (χ1v) is 38.0. The van der Waals surface area contributed by atoms with Crippen molar-refractivity contribution in [2.24, 2.45) is 11.8 Å². The average molecular weight is 1270 g/mol. The number of unbranched alkanes of at least 4 members (excludes halogenated alkanes) is 35. The lowest BCUT2D eigenvalue weighted by Crippen LogP contribution is -2.30. The van der Waals surface area contributed by atoms with Gasteiger partial charge in [-0.3, -0.25) is 37.3 Å². The van der Waals surface area contributed by atoms with Crippen molar-refractivity contribution in [3.05, 3.63) is 0 Å². The van der Waals surface area contributed by atoms with Crippen molar-refractivity contribution in [3.8, 4) is 0 Å². The van der Waals surface area contributed by atoms with E-state index in [1.54, 1.807) is 0 Å². The predicted octanol–water partition coefficient (Wildman–Crippen LogP) is 18.8. The molecule has 17 nitrogen and oxygen atoms in total. The Labute approximate surface area is 524 Å². The number of esters is 4. The largest absolute Gasteiger partial charge is 0.472 e. The van der Waals surface area contributed by atoms with Crippen molar-refractivity contribution in [1.29, 1.82) is 0 Å². The Morgan fingerprint density at radius 2 is 0.593 bits per heavy atom. The summed E-state index contributed by atoms with van der Waals surface area (Å²) in [5.41, 5.74) is 0. The maximum Gasteiger partial charge on any atom is 0.472 e. The minimum atomic E-state index is -4.95. The molecular formula is C67H130O17P2. The van der Waals surface area contributed by atoms with Gasteiger partial charge in [-0.05, 0) is 37.5 Å². The van der Waals surface area contributed by atoms with E-state index in [1.165, 1.54) is 128 Å². The van der Waals surface area contributed by atoms with Crippen LogP contribution in [0.3, 0.4) is 0 Å². The second kappa shape index (κ2) is 59.4. The molecule has 0 saturated carbocycles. The molecule has 6 atom stereocenters. The summed E-state index contributed by atoms with van der Waals surface area (Å²) in [5, 5.41) is 10.5. The molecule has 0 bridgehead atoms. The minimum absolute atomic E-state index is 0.104. The zero-order chi connectivity index (χ0) is 63.6. The molecular weight excluding hydrogens is 1140 g/mol. The summed E-state index contributed by atoms with van der Waals surface area (Å²) >= 11 is 0. The molecule has 0 spiro atoms. The van der Waals surface area contributed by atoms with Crippen LogP contribution >= 0.6 is 15.6 Å². The molecule has 0 aliphatic heterocycles. The smallest absolute Gasteiger partial charge is 0.462 e. The van der Waals surface area contributed by atoms with E-state index in [0.717, 1.165) is 127 Å². The number of carbonyl (C=O) groups is 4. The van der Waals surface area contributed by atoms with Crippen LogP contribution in [-0.2, 0) is 65.4 Å². The van der Waals surface area contributed by atoms with Gasteiger partial charge in [0, 0.05) is 25.7 Å². The van der Waals surface area contributed by atoms with Crippen molar-refractivity contribution >= 4 is 39.5 Å². The van der Waals surface area contributed by atoms with Crippen molar-refractivity contribution in [1.82, 2.24) is 0 Å². The molecule has 0 aromatic rings. The fraction of sp³-hybridized carbons (Fsp3) is 0.940. The van der Waals surface area contributed by atoms with Crippen molar-refractivity contribution in [2.75, 3.05) is 39.6 Å². The van der Waals surface area contributed by atoms with Crippen LogP contribution in [0.15, 0.2) is 0 Å². The second-order valence-electron chi connectivity index (χ2n) is 24.9. The third-order valence-corrected chi connectivity index (χ3v) is 17.7. The highest BCUT2D eigenvalue weighted by atomic mass is 31.2. The number of phosphoric ester groups is 2. The molecule has 0 aromatic heterocycles. The van der Waals surface area contributed by atoms with Crippen LogP contribution in [0.5, 0.6) is 0 Å². The highest BCUT2D eigenvalue weighted by Gasteiger charge is 2.30. The molecule has 0 radical (unpaired) electrons. The molecule has 0 fully saturated rings. The van der Waals surface area contributed by atoms with Crippen LogP contribution < -0.4 is 0 Å². The van der Waals surface area contributed by atoms with Crippen LogP contribution in [0.25, 0.3) is 0 Å². The Kier molecular flexibility index (Phi) is 58.0. The van der Waals surface area contributed by atoms with Gasteiger partial charge in [-0.1, -0.05) is 286 Å². The third-order valence-electron chi connectivity index (χ3n) is 15.8. The fourth-order valence-corrected chi connectivity index (χ4v) is 11.6. The van der Waals surface area contributed by atoms with Gasteiger partial charge in [0.25, 0.3) is 0 Å². The summed E-state index contributed by atoms with van der Waals surface area (Å²) in [6.07, 6.45) is 43.5. The van der Waals surface area contributed by atoms with Crippen LogP contribution in [0.2, 0.25) is 0 Å². The van der Waals surface area contributed by atoms with Gasteiger partial charge in [0.1, 0.15) is 19.3 Å². The summed E-state index contributed by atoms with van der Waals surface area (Å²) in [7, 11) is -9.88. The van der Waals surface area contributed by atoms with Crippen LogP contribution in [-0.4, -0.2) is 96.7 Å². The first-order chi connectivity index (χ1) is 41.4. The number of phosphoric acid groups is 2. The second-order valence-corrected chi connectivity index (χ2v) is 27.8. The number of hydrogen-bond donors (Lipinski definition) is 3. The van der Waals surface area contributed by atoms with Gasteiger partial charge in [-0.15, -0.1) is 0 Å². The molecule has 3 unspecified atom stereocenters. The zero-order valence-electron chi connectivity index (χ0n) is 55.6. The van der Waals surface area contributed by atoms with Gasteiger partial charge in [0.15, 0.2) is 12.2 Å². The number of rotatable bonds is 66. The molecule has 0 rings (SSSR count). The summed E-state index contributed by atoms with van der Waals surface area (Å²) in [6, 6.07) is 0. The molecule has 0 aliphatic rings. The van der Waals surface area contributed by atoms with Gasteiger partial charge < -0.3 is 33.8 Å². The lowest BCUT2D eigenvalue weighted by molar-refractivity contribution is -0.161. The Hall–Kier alpha value is -1.94. The number of aliphatic hydroxyl groups excluding tert-OH is 1. The minimum Gasteiger partial charge on any atom is -0.462 e. The van der Waals surface area contributed by atoms with Gasteiger partial charge in [-0.2, -0.15) is 0 Å². The summed E-state index contributed by atoms with van der Waals surface area (Å²) in [5.74, 6) is -0.587. The quantitative estimate of drug-likeness (QED) is 0.0222. The maximum absolute atomic E-state index is 13.0. The normalized spacial score (nSPS) is 14.5. The monoisotopic (exact) mass is 1270 g/mol. The molecule has 19 heteroatoms. The maximum atomic E-state index is 13.0. The van der Waals surface area contributed by atoms with Gasteiger partial charge in [-0.25, -0.2) is 9.13 Å².